The first-order valence-electron chi connectivity index (χ1n) is 14.4. The summed E-state index contributed by atoms with van der Waals surface area (Å²) < 4.78 is 44.0. The van der Waals surface area contributed by atoms with E-state index in [1.807, 2.05) is 44.2 Å². The molecule has 0 fully saturated rings. The lowest BCUT2D eigenvalue weighted by molar-refractivity contribution is -0.140. The maximum Gasteiger partial charge on any atom is 0.264 e. The molecule has 0 radical (unpaired) electrons. The van der Waals surface area contributed by atoms with E-state index in [4.69, 9.17) is 23.2 Å². The van der Waals surface area contributed by atoms with Crippen LogP contribution in [0.3, 0.4) is 0 Å². The third-order valence-electron chi connectivity index (χ3n) is 7.35. The summed E-state index contributed by atoms with van der Waals surface area (Å²) in [7, 11) is -4.33. The highest BCUT2D eigenvalue weighted by Crippen LogP contribution is 2.28. The minimum absolute atomic E-state index is 0.101. The Morgan fingerprint density at radius 1 is 0.867 bits per heavy atom. The Kier molecular flexibility index (Phi) is 11.6. The lowest BCUT2D eigenvalue weighted by Gasteiger charge is -2.34. The number of halogens is 3. The maximum absolute atomic E-state index is 15.0. The summed E-state index contributed by atoms with van der Waals surface area (Å²) in [4.78, 5) is 29.4. The van der Waals surface area contributed by atoms with Gasteiger partial charge in [-0.2, -0.15) is 0 Å². The Bertz CT molecular complexity index is 1720. The molecule has 2 amide bonds. The molecule has 0 saturated carbocycles. The number of benzene rings is 4. The van der Waals surface area contributed by atoms with Gasteiger partial charge in [-0.1, -0.05) is 84.7 Å². The van der Waals surface area contributed by atoms with Crippen molar-refractivity contribution in [3.8, 4) is 0 Å². The van der Waals surface area contributed by atoms with Crippen LogP contribution in [-0.2, 0) is 32.6 Å². The summed E-state index contributed by atoms with van der Waals surface area (Å²) in [6.45, 7) is 2.80. The molecule has 0 aliphatic heterocycles. The summed E-state index contributed by atoms with van der Waals surface area (Å²) in [5.74, 6) is -1.71. The van der Waals surface area contributed by atoms with E-state index in [1.165, 1.54) is 59.5 Å². The van der Waals surface area contributed by atoms with Crippen LogP contribution in [0.15, 0.2) is 108 Å². The number of carbonyl (C=O) groups excluding carboxylic acids is 2. The molecule has 4 aromatic carbocycles. The Morgan fingerprint density at radius 3 is 2.18 bits per heavy atom. The quantitative estimate of drug-likeness (QED) is 0.168. The summed E-state index contributed by atoms with van der Waals surface area (Å²) >= 11 is 12.3. The van der Waals surface area contributed by atoms with Gasteiger partial charge in [-0.25, -0.2) is 12.8 Å². The van der Waals surface area contributed by atoms with Crippen molar-refractivity contribution in [2.45, 2.75) is 50.2 Å². The number of amides is 2. The predicted molar refractivity (Wildman–Crippen MR) is 176 cm³/mol. The van der Waals surface area contributed by atoms with Crippen LogP contribution in [0.1, 0.15) is 31.4 Å². The van der Waals surface area contributed by atoms with Crippen molar-refractivity contribution >= 4 is 50.7 Å². The van der Waals surface area contributed by atoms with Gasteiger partial charge in [0.05, 0.1) is 10.6 Å². The summed E-state index contributed by atoms with van der Waals surface area (Å²) in [5.41, 5.74) is 1.09. The molecule has 236 valence electrons. The van der Waals surface area contributed by atoms with Crippen molar-refractivity contribution in [1.82, 2.24) is 10.2 Å². The molecule has 0 saturated heterocycles. The van der Waals surface area contributed by atoms with E-state index in [2.05, 4.69) is 5.32 Å². The van der Waals surface area contributed by atoms with Crippen molar-refractivity contribution < 1.29 is 22.4 Å². The molecule has 0 aliphatic rings. The predicted octanol–water partition coefficient (Wildman–Crippen LogP) is 6.88. The average molecular weight is 671 g/mol. The molecule has 4 aromatic rings. The highest BCUT2D eigenvalue weighted by molar-refractivity contribution is 7.92. The molecule has 45 heavy (non-hydrogen) atoms. The van der Waals surface area contributed by atoms with E-state index < -0.39 is 40.2 Å². The van der Waals surface area contributed by atoms with Gasteiger partial charge in [-0.3, -0.25) is 13.9 Å². The molecule has 0 unspecified atom stereocenters. The minimum atomic E-state index is -4.33. The van der Waals surface area contributed by atoms with E-state index in [9.17, 15) is 18.0 Å². The third kappa shape index (κ3) is 8.84. The summed E-state index contributed by atoms with van der Waals surface area (Å²) in [5, 5.41) is 3.55. The van der Waals surface area contributed by atoms with E-state index in [0.29, 0.717) is 11.4 Å². The molecule has 0 bridgehead atoms. The van der Waals surface area contributed by atoms with Crippen LogP contribution in [-0.4, -0.2) is 43.8 Å². The molecule has 0 spiro atoms. The van der Waals surface area contributed by atoms with Gasteiger partial charge in [-0.15, -0.1) is 0 Å². The molecular weight excluding hydrogens is 636 g/mol. The fourth-order valence-electron chi connectivity index (χ4n) is 4.70. The van der Waals surface area contributed by atoms with Crippen LogP contribution in [0.2, 0.25) is 10.0 Å². The first kappa shape index (κ1) is 34.0. The number of carbonyl (C=O) groups is 2. The van der Waals surface area contributed by atoms with Crippen LogP contribution in [0, 0.1) is 5.82 Å². The largest absolute Gasteiger partial charge is 0.352 e. The zero-order chi connectivity index (χ0) is 32.6. The molecule has 0 heterocycles. The fraction of sp³-hybridized carbons (Fsp3) is 0.235. The number of nitrogens with zero attached hydrogens (tertiary/aromatic N) is 2. The van der Waals surface area contributed by atoms with Gasteiger partial charge in [0.2, 0.25) is 11.8 Å². The number of anilines is 1. The second kappa shape index (κ2) is 15.4. The van der Waals surface area contributed by atoms with Gasteiger partial charge in [0.15, 0.2) is 0 Å². The van der Waals surface area contributed by atoms with Crippen LogP contribution >= 0.6 is 23.2 Å². The fourth-order valence-corrected chi connectivity index (χ4v) is 6.42. The Hall–Kier alpha value is -3.92. The van der Waals surface area contributed by atoms with E-state index in [-0.39, 0.29) is 40.2 Å². The van der Waals surface area contributed by atoms with Gasteiger partial charge in [0, 0.05) is 34.6 Å². The smallest absolute Gasteiger partial charge is 0.264 e. The SMILES string of the molecule is CC[C@H](C)NC(=O)[C@H](Cc1ccccc1)N(Cc1ccccc1F)C(=O)CN(c1cccc(Cl)c1)S(=O)(=O)c1ccc(Cl)cc1. The molecule has 0 aromatic heterocycles. The third-order valence-corrected chi connectivity index (χ3v) is 9.62. The molecule has 0 aliphatic carbocycles. The van der Waals surface area contributed by atoms with E-state index >= 15 is 4.39 Å². The Morgan fingerprint density at radius 2 is 1.53 bits per heavy atom. The molecule has 2 atom stereocenters. The summed E-state index contributed by atoms with van der Waals surface area (Å²) in [6.07, 6.45) is 0.761. The zero-order valence-electron chi connectivity index (χ0n) is 24.9. The maximum atomic E-state index is 15.0. The van der Waals surface area contributed by atoms with E-state index in [1.54, 1.807) is 18.2 Å². The number of hydrogen-bond donors (Lipinski definition) is 1. The minimum Gasteiger partial charge on any atom is -0.352 e. The Balaban J connectivity index is 1.82. The average Bonchev–Trinajstić information content (AvgIpc) is 3.02. The van der Waals surface area contributed by atoms with Gasteiger partial charge >= 0.3 is 0 Å². The van der Waals surface area contributed by atoms with Crippen LogP contribution < -0.4 is 9.62 Å². The molecule has 4 rings (SSSR count). The highest BCUT2D eigenvalue weighted by Gasteiger charge is 2.35. The summed E-state index contributed by atoms with van der Waals surface area (Å²) in [6, 6.07) is 25.5. The lowest BCUT2D eigenvalue weighted by atomic mass is 10.0. The Labute approximate surface area is 273 Å². The number of hydrogen-bond acceptors (Lipinski definition) is 4. The zero-order valence-corrected chi connectivity index (χ0v) is 27.2. The number of sulfonamides is 1. The van der Waals surface area contributed by atoms with Crippen molar-refractivity contribution in [2.24, 2.45) is 0 Å². The highest BCUT2D eigenvalue weighted by atomic mass is 35.5. The van der Waals surface area contributed by atoms with Gasteiger partial charge in [0.25, 0.3) is 10.0 Å². The van der Waals surface area contributed by atoms with Crippen molar-refractivity contribution in [3.05, 3.63) is 130 Å². The molecule has 1 N–H and O–H groups in total. The van der Waals surface area contributed by atoms with Crippen LogP contribution in [0.25, 0.3) is 0 Å². The van der Waals surface area contributed by atoms with Crippen LogP contribution in [0.4, 0.5) is 10.1 Å². The first-order chi connectivity index (χ1) is 21.5. The van der Waals surface area contributed by atoms with Gasteiger partial charge in [-0.05, 0) is 67.4 Å². The second-order valence-electron chi connectivity index (χ2n) is 10.6. The van der Waals surface area contributed by atoms with Crippen molar-refractivity contribution in [2.75, 3.05) is 10.8 Å². The number of rotatable bonds is 13. The van der Waals surface area contributed by atoms with Gasteiger partial charge < -0.3 is 10.2 Å². The molecule has 7 nitrogen and oxygen atoms in total. The van der Waals surface area contributed by atoms with Crippen molar-refractivity contribution in [1.29, 1.82) is 0 Å². The molecular formula is C34H34Cl2FN3O4S. The van der Waals surface area contributed by atoms with Crippen LogP contribution in [0.5, 0.6) is 0 Å². The monoisotopic (exact) mass is 669 g/mol. The normalized spacial score (nSPS) is 12.6. The number of nitrogens with one attached hydrogen (secondary N) is 1. The van der Waals surface area contributed by atoms with Crippen molar-refractivity contribution in [3.63, 3.8) is 0 Å². The first-order valence-corrected chi connectivity index (χ1v) is 16.6. The van der Waals surface area contributed by atoms with E-state index in [0.717, 1.165) is 9.87 Å². The van der Waals surface area contributed by atoms with Gasteiger partial charge in [0.1, 0.15) is 18.4 Å². The topological polar surface area (TPSA) is 86.8 Å². The standard InChI is InChI=1S/C34H34Cl2FN3O4S/c1-3-24(2)38-34(42)32(20-25-10-5-4-6-11-25)39(22-26-12-7-8-15-31(26)37)33(41)23-40(29-14-9-13-28(36)21-29)45(43,44)30-18-16-27(35)17-19-30/h4-19,21,24,32H,3,20,22-23H2,1-2H3,(H,38,42)/t24-,32-/m0/s1. The lowest BCUT2D eigenvalue weighted by Crippen LogP contribution is -2.54. The molecule has 11 heteroatoms. The second-order valence-corrected chi connectivity index (χ2v) is 13.3.